The Morgan fingerprint density at radius 1 is 1.24 bits per heavy atom. The van der Waals surface area contributed by atoms with Crippen molar-refractivity contribution < 1.29 is 18.9 Å². The Morgan fingerprint density at radius 3 is 2.62 bits per heavy atom. The quantitative estimate of drug-likeness (QED) is 0.586. The molecular weight excluding hydrogens is 372 g/mol. The van der Waals surface area contributed by atoms with Gasteiger partial charge in [-0.2, -0.15) is 4.98 Å². The molecule has 0 bridgehead atoms. The van der Waals surface area contributed by atoms with Crippen molar-refractivity contribution >= 4 is 22.7 Å². The highest BCUT2D eigenvalue weighted by molar-refractivity contribution is 5.92. The van der Waals surface area contributed by atoms with Crippen LogP contribution in [0.5, 0.6) is 11.5 Å². The fourth-order valence-electron chi connectivity index (χ4n) is 3.39. The van der Waals surface area contributed by atoms with E-state index in [9.17, 15) is 0 Å². The first-order valence-corrected chi connectivity index (χ1v) is 9.72. The van der Waals surface area contributed by atoms with E-state index in [2.05, 4.69) is 29.1 Å². The second-order valence-electron chi connectivity index (χ2n) is 7.23. The number of fused-ring (bicyclic) bond motifs is 1. The Morgan fingerprint density at radius 2 is 2.00 bits per heavy atom. The van der Waals surface area contributed by atoms with Crippen molar-refractivity contribution in [2.75, 3.05) is 51.7 Å². The summed E-state index contributed by atoms with van der Waals surface area (Å²) in [6.45, 7) is 7.68. The third kappa shape index (κ3) is 4.71. The molecule has 0 radical (unpaired) electrons. The number of nitrogens with one attached hydrogen (secondary N) is 2. The summed E-state index contributed by atoms with van der Waals surface area (Å²) in [5, 5.41) is 7.62. The maximum absolute atomic E-state index is 5.74. The molecule has 8 nitrogen and oxygen atoms in total. The van der Waals surface area contributed by atoms with Crippen LogP contribution < -0.4 is 20.1 Å². The fraction of sp³-hybridized carbons (Fsp3) is 0.524. The molecule has 0 amide bonds. The van der Waals surface area contributed by atoms with Crippen LogP contribution >= 0.6 is 0 Å². The van der Waals surface area contributed by atoms with Crippen LogP contribution in [0.3, 0.4) is 0 Å². The van der Waals surface area contributed by atoms with Crippen LogP contribution in [0.15, 0.2) is 24.8 Å². The molecule has 0 spiro atoms. The Bertz CT molecular complexity index is 852. The van der Waals surface area contributed by atoms with Crippen molar-refractivity contribution in [3.63, 3.8) is 0 Å². The SMILES string of the molecule is C=CCC(C)Nc1nc(NCC2(OC)CCOC2)c2cc(OC)c(OC)cc2n1. The minimum absolute atomic E-state index is 0.159. The number of nitrogens with zero attached hydrogens (tertiary/aromatic N) is 2. The average Bonchev–Trinajstić information content (AvgIpc) is 3.20. The first kappa shape index (κ1) is 21.1. The zero-order valence-electron chi connectivity index (χ0n) is 17.6. The zero-order valence-corrected chi connectivity index (χ0v) is 17.6. The zero-order chi connectivity index (χ0) is 20.9. The van der Waals surface area contributed by atoms with E-state index >= 15 is 0 Å². The smallest absolute Gasteiger partial charge is 0.225 e. The van der Waals surface area contributed by atoms with Gasteiger partial charge in [0.25, 0.3) is 0 Å². The Hall–Kier alpha value is -2.58. The van der Waals surface area contributed by atoms with Crippen LogP contribution in [0.4, 0.5) is 11.8 Å². The van der Waals surface area contributed by atoms with E-state index < -0.39 is 0 Å². The summed E-state index contributed by atoms with van der Waals surface area (Å²) in [5.74, 6) is 2.48. The molecule has 3 rings (SSSR count). The third-order valence-corrected chi connectivity index (χ3v) is 5.17. The van der Waals surface area contributed by atoms with Crippen LogP contribution in [0.2, 0.25) is 0 Å². The molecule has 2 N–H and O–H groups in total. The molecule has 2 unspecified atom stereocenters. The van der Waals surface area contributed by atoms with Crippen molar-refractivity contribution in [2.45, 2.75) is 31.4 Å². The summed E-state index contributed by atoms with van der Waals surface area (Å²) >= 11 is 0. The molecule has 1 fully saturated rings. The van der Waals surface area contributed by atoms with E-state index in [1.807, 2.05) is 18.2 Å². The van der Waals surface area contributed by atoms with Gasteiger partial charge in [0.05, 0.1) is 26.3 Å². The van der Waals surface area contributed by atoms with Crippen LogP contribution in [0.25, 0.3) is 10.9 Å². The summed E-state index contributed by atoms with van der Waals surface area (Å²) < 4.78 is 22.2. The predicted octanol–water partition coefficient (Wildman–Crippen LogP) is 3.24. The second kappa shape index (κ2) is 9.28. The predicted molar refractivity (Wildman–Crippen MR) is 114 cm³/mol. The van der Waals surface area contributed by atoms with Gasteiger partial charge < -0.3 is 29.6 Å². The normalized spacial score (nSPS) is 19.7. The van der Waals surface area contributed by atoms with Gasteiger partial charge in [0, 0.05) is 44.2 Å². The van der Waals surface area contributed by atoms with Gasteiger partial charge in [-0.1, -0.05) is 6.08 Å². The molecule has 1 aromatic heterocycles. The number of aromatic nitrogens is 2. The van der Waals surface area contributed by atoms with Crippen molar-refractivity contribution in [1.29, 1.82) is 0 Å². The minimum atomic E-state index is -0.364. The molecule has 29 heavy (non-hydrogen) atoms. The van der Waals surface area contributed by atoms with E-state index in [1.165, 1.54) is 0 Å². The first-order chi connectivity index (χ1) is 14.0. The van der Waals surface area contributed by atoms with Crippen LogP contribution in [0.1, 0.15) is 19.8 Å². The number of methoxy groups -OCH3 is 3. The summed E-state index contributed by atoms with van der Waals surface area (Å²) in [6.07, 6.45) is 3.51. The van der Waals surface area contributed by atoms with E-state index in [1.54, 1.807) is 21.3 Å². The van der Waals surface area contributed by atoms with Gasteiger partial charge in [-0.25, -0.2) is 4.98 Å². The molecule has 8 heteroatoms. The van der Waals surface area contributed by atoms with Crippen molar-refractivity contribution in [2.24, 2.45) is 0 Å². The fourth-order valence-corrected chi connectivity index (χ4v) is 3.39. The molecular formula is C21H30N4O4. The van der Waals surface area contributed by atoms with Gasteiger partial charge in [-0.3, -0.25) is 0 Å². The lowest BCUT2D eigenvalue weighted by Gasteiger charge is -2.26. The molecule has 158 valence electrons. The second-order valence-corrected chi connectivity index (χ2v) is 7.23. The van der Waals surface area contributed by atoms with Crippen LogP contribution in [-0.4, -0.2) is 62.7 Å². The van der Waals surface area contributed by atoms with Gasteiger partial charge in [-0.15, -0.1) is 6.58 Å². The van der Waals surface area contributed by atoms with Crippen molar-refractivity contribution in [3.8, 4) is 11.5 Å². The van der Waals surface area contributed by atoms with Gasteiger partial charge in [0.1, 0.15) is 11.4 Å². The molecule has 2 heterocycles. The van der Waals surface area contributed by atoms with Gasteiger partial charge in [0.15, 0.2) is 11.5 Å². The molecule has 0 aliphatic carbocycles. The van der Waals surface area contributed by atoms with Gasteiger partial charge >= 0.3 is 0 Å². The first-order valence-electron chi connectivity index (χ1n) is 9.72. The standard InChI is InChI=1S/C21H30N4O4/c1-6-7-14(2)23-20-24-16-11-18(27-4)17(26-3)10-15(16)19(25-20)22-12-21(28-5)8-9-29-13-21/h6,10-11,14H,1,7-9,12-13H2,2-5H3,(H2,22,23,24,25). The number of ether oxygens (including phenoxy) is 4. The highest BCUT2D eigenvalue weighted by atomic mass is 16.5. The van der Waals surface area contributed by atoms with Crippen LogP contribution in [-0.2, 0) is 9.47 Å². The maximum Gasteiger partial charge on any atom is 0.225 e. The Labute approximate surface area is 171 Å². The third-order valence-electron chi connectivity index (χ3n) is 5.17. The molecule has 1 aliphatic heterocycles. The van der Waals surface area contributed by atoms with Crippen LogP contribution in [0, 0.1) is 0 Å². The van der Waals surface area contributed by atoms with Gasteiger partial charge in [-0.05, 0) is 19.4 Å². The summed E-state index contributed by atoms with van der Waals surface area (Å²) in [4.78, 5) is 9.39. The van der Waals surface area contributed by atoms with E-state index in [0.29, 0.717) is 43.0 Å². The van der Waals surface area contributed by atoms with Crippen molar-refractivity contribution in [3.05, 3.63) is 24.8 Å². The number of anilines is 2. The monoisotopic (exact) mass is 402 g/mol. The number of hydrogen-bond donors (Lipinski definition) is 2. The molecule has 0 saturated carbocycles. The lowest BCUT2D eigenvalue weighted by molar-refractivity contribution is -0.00623. The highest BCUT2D eigenvalue weighted by Gasteiger charge is 2.35. The lowest BCUT2D eigenvalue weighted by Crippen LogP contribution is -2.39. The molecule has 1 saturated heterocycles. The topological polar surface area (TPSA) is 86.8 Å². The number of benzene rings is 1. The maximum atomic E-state index is 5.74. The Kier molecular flexibility index (Phi) is 6.76. The largest absolute Gasteiger partial charge is 0.493 e. The van der Waals surface area contributed by atoms with Crippen molar-refractivity contribution in [1.82, 2.24) is 9.97 Å². The van der Waals surface area contributed by atoms with E-state index in [-0.39, 0.29) is 11.6 Å². The summed E-state index contributed by atoms with van der Waals surface area (Å²) in [6, 6.07) is 3.90. The molecule has 2 aromatic rings. The summed E-state index contributed by atoms with van der Waals surface area (Å²) in [7, 11) is 4.93. The van der Waals surface area contributed by atoms with Gasteiger partial charge in [0.2, 0.25) is 5.95 Å². The number of rotatable bonds is 10. The molecule has 2 atom stereocenters. The lowest BCUT2D eigenvalue weighted by atomic mass is 10.0. The van der Waals surface area contributed by atoms with E-state index in [0.717, 1.165) is 23.7 Å². The minimum Gasteiger partial charge on any atom is -0.493 e. The molecule has 1 aliphatic rings. The number of hydrogen-bond acceptors (Lipinski definition) is 8. The highest BCUT2D eigenvalue weighted by Crippen LogP contribution is 2.35. The molecule has 1 aromatic carbocycles. The Balaban J connectivity index is 1.99. The summed E-state index contributed by atoms with van der Waals surface area (Å²) in [5.41, 5.74) is 0.389. The average molecular weight is 402 g/mol. The van der Waals surface area contributed by atoms with E-state index in [4.69, 9.17) is 23.9 Å².